The van der Waals surface area contributed by atoms with Crippen molar-refractivity contribution in [3.05, 3.63) is 0 Å². The molecular formula is C13H22N2O3. The van der Waals surface area contributed by atoms with Crippen molar-refractivity contribution in [2.24, 2.45) is 5.92 Å². The highest BCUT2D eigenvalue weighted by Crippen LogP contribution is 2.17. The van der Waals surface area contributed by atoms with Crippen molar-refractivity contribution in [3.8, 4) is 0 Å². The number of likely N-dealkylation sites (tertiary alicyclic amines) is 1. The third kappa shape index (κ3) is 3.82. The molecule has 0 saturated carbocycles. The molecule has 1 aliphatic rings. The van der Waals surface area contributed by atoms with Crippen molar-refractivity contribution in [1.82, 2.24) is 10.2 Å². The number of carbonyl (C=O) groups excluding carboxylic acids is 3. The highest BCUT2D eigenvalue weighted by Gasteiger charge is 2.33. The van der Waals surface area contributed by atoms with Crippen LogP contribution in [-0.4, -0.2) is 41.6 Å². The molecule has 0 aromatic rings. The molecule has 2 atom stereocenters. The number of nitrogens with one attached hydrogen (secondary N) is 1. The molecule has 0 radical (unpaired) electrons. The summed E-state index contributed by atoms with van der Waals surface area (Å²) in [5, 5.41) is 2.72. The number of aldehydes is 1. The summed E-state index contributed by atoms with van der Waals surface area (Å²) in [6.45, 7) is 6.10. The first-order valence-corrected chi connectivity index (χ1v) is 6.48. The fraction of sp³-hybridized carbons (Fsp3) is 0.769. The maximum atomic E-state index is 12.0. The Morgan fingerprint density at radius 3 is 2.61 bits per heavy atom. The van der Waals surface area contributed by atoms with Gasteiger partial charge in [-0.3, -0.25) is 9.59 Å². The van der Waals surface area contributed by atoms with Crippen LogP contribution in [0.1, 0.15) is 40.0 Å². The largest absolute Gasteiger partial charge is 0.345 e. The summed E-state index contributed by atoms with van der Waals surface area (Å²) < 4.78 is 0. The van der Waals surface area contributed by atoms with Crippen molar-refractivity contribution in [2.75, 3.05) is 6.54 Å². The lowest BCUT2D eigenvalue weighted by Crippen LogP contribution is -2.49. The van der Waals surface area contributed by atoms with Crippen LogP contribution in [0.25, 0.3) is 0 Å². The van der Waals surface area contributed by atoms with E-state index in [9.17, 15) is 14.4 Å². The standard InChI is InChI=1S/C13H22N2O3/c1-9(2)7-11(8-16)14-13(18)12-5-4-6-15(12)10(3)17/h8-9,11-12H,4-7H2,1-3H3,(H,14,18)/t11-,12-/m0/s1. The van der Waals surface area contributed by atoms with E-state index >= 15 is 0 Å². The quantitative estimate of drug-likeness (QED) is 0.735. The number of hydrogen-bond acceptors (Lipinski definition) is 3. The van der Waals surface area contributed by atoms with E-state index in [1.807, 2.05) is 13.8 Å². The van der Waals surface area contributed by atoms with Crippen LogP contribution in [0, 0.1) is 5.92 Å². The molecule has 1 heterocycles. The van der Waals surface area contributed by atoms with Crippen molar-refractivity contribution in [3.63, 3.8) is 0 Å². The van der Waals surface area contributed by atoms with Gasteiger partial charge in [0, 0.05) is 13.5 Å². The van der Waals surface area contributed by atoms with E-state index in [2.05, 4.69) is 5.32 Å². The number of hydrogen-bond donors (Lipinski definition) is 1. The van der Waals surface area contributed by atoms with Gasteiger partial charge in [-0.05, 0) is 25.2 Å². The highest BCUT2D eigenvalue weighted by molar-refractivity contribution is 5.88. The van der Waals surface area contributed by atoms with Crippen LogP contribution in [0.3, 0.4) is 0 Å². The van der Waals surface area contributed by atoms with Gasteiger partial charge in [-0.15, -0.1) is 0 Å². The second-order valence-corrected chi connectivity index (χ2v) is 5.25. The minimum absolute atomic E-state index is 0.0841. The maximum Gasteiger partial charge on any atom is 0.243 e. The zero-order valence-corrected chi connectivity index (χ0v) is 11.3. The summed E-state index contributed by atoms with van der Waals surface area (Å²) in [6.07, 6.45) is 2.92. The minimum Gasteiger partial charge on any atom is -0.345 e. The monoisotopic (exact) mass is 254 g/mol. The van der Waals surface area contributed by atoms with Gasteiger partial charge >= 0.3 is 0 Å². The number of amides is 2. The Morgan fingerprint density at radius 1 is 1.44 bits per heavy atom. The van der Waals surface area contributed by atoms with Crippen LogP contribution >= 0.6 is 0 Å². The summed E-state index contributed by atoms with van der Waals surface area (Å²) in [4.78, 5) is 35.9. The second-order valence-electron chi connectivity index (χ2n) is 5.25. The summed E-state index contributed by atoms with van der Waals surface area (Å²) in [5.41, 5.74) is 0. The summed E-state index contributed by atoms with van der Waals surface area (Å²) in [6, 6.07) is -0.857. The van der Waals surface area contributed by atoms with Gasteiger partial charge in [0.1, 0.15) is 12.3 Å². The molecule has 5 nitrogen and oxygen atoms in total. The lowest BCUT2D eigenvalue weighted by Gasteiger charge is -2.24. The molecule has 102 valence electrons. The normalized spacial score (nSPS) is 20.9. The van der Waals surface area contributed by atoms with E-state index < -0.39 is 12.1 Å². The third-order valence-electron chi connectivity index (χ3n) is 3.18. The lowest BCUT2D eigenvalue weighted by molar-refractivity contribution is -0.137. The van der Waals surface area contributed by atoms with Crippen molar-refractivity contribution < 1.29 is 14.4 Å². The molecule has 0 aromatic carbocycles. The molecule has 5 heteroatoms. The van der Waals surface area contributed by atoms with Gasteiger partial charge in [0.2, 0.25) is 11.8 Å². The summed E-state index contributed by atoms with van der Waals surface area (Å²) >= 11 is 0. The smallest absolute Gasteiger partial charge is 0.243 e. The lowest BCUT2D eigenvalue weighted by atomic mass is 10.0. The van der Waals surface area contributed by atoms with E-state index in [1.165, 1.54) is 6.92 Å². The van der Waals surface area contributed by atoms with Gasteiger partial charge < -0.3 is 15.0 Å². The van der Waals surface area contributed by atoms with E-state index in [1.54, 1.807) is 4.90 Å². The Morgan fingerprint density at radius 2 is 2.11 bits per heavy atom. The Labute approximate surface area is 108 Å². The minimum atomic E-state index is -0.452. The average molecular weight is 254 g/mol. The molecule has 1 fully saturated rings. The van der Waals surface area contributed by atoms with Gasteiger partial charge in [0.15, 0.2) is 0 Å². The van der Waals surface area contributed by atoms with Crippen molar-refractivity contribution in [2.45, 2.75) is 52.1 Å². The third-order valence-corrected chi connectivity index (χ3v) is 3.18. The molecule has 0 spiro atoms. The molecule has 0 bridgehead atoms. The second kappa shape index (κ2) is 6.52. The molecule has 18 heavy (non-hydrogen) atoms. The number of carbonyl (C=O) groups is 3. The molecule has 1 saturated heterocycles. The van der Waals surface area contributed by atoms with E-state index in [-0.39, 0.29) is 11.8 Å². The zero-order chi connectivity index (χ0) is 13.7. The van der Waals surface area contributed by atoms with Crippen LogP contribution in [-0.2, 0) is 14.4 Å². The van der Waals surface area contributed by atoms with Gasteiger partial charge in [0.25, 0.3) is 0 Å². The SMILES string of the molecule is CC(=O)N1CCC[C@H]1C(=O)N[C@H](C=O)CC(C)C. The summed E-state index contributed by atoms with van der Waals surface area (Å²) in [5.74, 6) is 0.0487. The van der Waals surface area contributed by atoms with E-state index in [0.29, 0.717) is 25.3 Å². The number of nitrogens with zero attached hydrogens (tertiary/aromatic N) is 1. The Balaban J connectivity index is 2.58. The van der Waals surface area contributed by atoms with Crippen LogP contribution in [0.5, 0.6) is 0 Å². The highest BCUT2D eigenvalue weighted by atomic mass is 16.2. The Kier molecular flexibility index (Phi) is 5.31. The first kappa shape index (κ1) is 14.7. The average Bonchev–Trinajstić information content (AvgIpc) is 2.76. The fourth-order valence-electron chi connectivity index (χ4n) is 2.35. The van der Waals surface area contributed by atoms with Gasteiger partial charge in [-0.2, -0.15) is 0 Å². The predicted molar refractivity (Wildman–Crippen MR) is 67.9 cm³/mol. The van der Waals surface area contributed by atoms with E-state index in [0.717, 1.165) is 12.7 Å². The predicted octanol–water partition coefficient (Wildman–Crippen LogP) is 0.727. The van der Waals surface area contributed by atoms with Crippen molar-refractivity contribution in [1.29, 1.82) is 0 Å². The molecule has 0 unspecified atom stereocenters. The Bertz CT molecular complexity index is 328. The fourth-order valence-corrected chi connectivity index (χ4v) is 2.35. The molecule has 1 aliphatic heterocycles. The topological polar surface area (TPSA) is 66.5 Å². The van der Waals surface area contributed by atoms with Crippen LogP contribution in [0.15, 0.2) is 0 Å². The number of rotatable bonds is 5. The molecule has 2 amide bonds. The van der Waals surface area contributed by atoms with Crippen molar-refractivity contribution >= 4 is 18.1 Å². The first-order valence-electron chi connectivity index (χ1n) is 6.48. The van der Waals surface area contributed by atoms with E-state index in [4.69, 9.17) is 0 Å². The Hall–Kier alpha value is -1.39. The van der Waals surface area contributed by atoms with Crippen LogP contribution in [0.4, 0.5) is 0 Å². The molecule has 1 N–H and O–H groups in total. The van der Waals surface area contributed by atoms with Gasteiger partial charge in [-0.25, -0.2) is 0 Å². The van der Waals surface area contributed by atoms with Crippen LogP contribution in [0.2, 0.25) is 0 Å². The molecular weight excluding hydrogens is 232 g/mol. The molecule has 0 aliphatic carbocycles. The maximum absolute atomic E-state index is 12.0. The zero-order valence-electron chi connectivity index (χ0n) is 11.3. The summed E-state index contributed by atoms with van der Waals surface area (Å²) in [7, 11) is 0. The van der Waals surface area contributed by atoms with Gasteiger partial charge in [0.05, 0.1) is 6.04 Å². The van der Waals surface area contributed by atoms with Crippen LogP contribution < -0.4 is 5.32 Å². The molecule has 1 rings (SSSR count). The van der Waals surface area contributed by atoms with Gasteiger partial charge in [-0.1, -0.05) is 13.8 Å². The molecule has 0 aromatic heterocycles. The first-order chi connectivity index (χ1) is 8.45.